The second-order valence-corrected chi connectivity index (χ2v) is 8.24. The summed E-state index contributed by atoms with van der Waals surface area (Å²) in [5.74, 6) is -2.31. The van der Waals surface area contributed by atoms with Gasteiger partial charge in [0, 0.05) is 17.7 Å². The Hall–Kier alpha value is -4.29. The van der Waals surface area contributed by atoms with Crippen molar-refractivity contribution in [3.63, 3.8) is 0 Å². The third-order valence-electron chi connectivity index (χ3n) is 6.55. The van der Waals surface area contributed by atoms with E-state index >= 15 is 0 Å². The summed E-state index contributed by atoms with van der Waals surface area (Å²) in [5, 5.41) is 20.8. The Morgan fingerprint density at radius 3 is 2.33 bits per heavy atom. The summed E-state index contributed by atoms with van der Waals surface area (Å²) in [6, 6.07) is 21.0. The summed E-state index contributed by atoms with van der Waals surface area (Å²) >= 11 is 0. The van der Waals surface area contributed by atoms with Gasteiger partial charge in [0.2, 0.25) is 0 Å². The number of nitrogens with zero attached hydrogens (tertiary/aromatic N) is 3. The Balaban J connectivity index is 1.77. The summed E-state index contributed by atoms with van der Waals surface area (Å²) in [4.78, 5) is 15.5. The molecular weight excluding hydrogens is 420 g/mol. The van der Waals surface area contributed by atoms with Crippen molar-refractivity contribution in [1.29, 1.82) is 10.5 Å². The fourth-order valence-corrected chi connectivity index (χ4v) is 5.15. The molecule has 3 aromatic carbocycles. The average molecular weight is 437 g/mol. The smallest absolute Gasteiger partial charge is 0.185 e. The number of nitriles is 2. The van der Waals surface area contributed by atoms with Crippen molar-refractivity contribution in [2.24, 2.45) is 5.41 Å². The van der Waals surface area contributed by atoms with Crippen molar-refractivity contribution in [3.8, 4) is 12.1 Å². The number of rotatable bonds is 3. The monoisotopic (exact) mass is 437 g/mol. The van der Waals surface area contributed by atoms with Gasteiger partial charge in [0.05, 0.1) is 18.2 Å². The fourth-order valence-electron chi connectivity index (χ4n) is 5.15. The number of benzene rings is 3. The highest BCUT2D eigenvalue weighted by molar-refractivity contribution is 6.01. The summed E-state index contributed by atoms with van der Waals surface area (Å²) in [6.45, 7) is 0. The first-order valence-electron chi connectivity index (χ1n) is 10.4. The van der Waals surface area contributed by atoms with E-state index in [0.717, 1.165) is 11.1 Å². The van der Waals surface area contributed by atoms with Gasteiger partial charge >= 0.3 is 0 Å². The quantitative estimate of drug-likeness (QED) is 0.517. The lowest BCUT2D eigenvalue weighted by Gasteiger charge is -2.34. The van der Waals surface area contributed by atoms with Crippen molar-refractivity contribution in [2.75, 3.05) is 0 Å². The number of carbonyl (C=O) groups is 1. The number of carbonyl (C=O) groups excluding carboxylic acids is 1. The summed E-state index contributed by atoms with van der Waals surface area (Å²) in [7, 11) is 0. The molecule has 0 N–H and O–H groups in total. The molecule has 0 amide bonds. The van der Waals surface area contributed by atoms with E-state index in [1.807, 2.05) is 30.3 Å². The zero-order chi connectivity index (χ0) is 23.2. The van der Waals surface area contributed by atoms with E-state index in [2.05, 4.69) is 12.1 Å². The Morgan fingerprint density at radius 2 is 1.64 bits per heavy atom. The molecule has 3 aromatic rings. The largest absolute Gasteiger partial charge is 0.357 e. The van der Waals surface area contributed by atoms with Crippen LogP contribution < -0.4 is 0 Å². The molecule has 3 unspecified atom stereocenters. The van der Waals surface area contributed by atoms with Crippen LogP contribution in [-0.2, 0) is 0 Å². The van der Waals surface area contributed by atoms with Crippen molar-refractivity contribution < 1.29 is 13.6 Å². The molecule has 4 nitrogen and oxygen atoms in total. The molecule has 6 heteroatoms. The molecule has 1 fully saturated rings. The molecular formula is C27H17F2N3O. The maximum atomic E-state index is 14.3. The van der Waals surface area contributed by atoms with E-state index in [1.165, 1.54) is 42.5 Å². The molecule has 3 atom stereocenters. The molecule has 0 radical (unpaired) electrons. The van der Waals surface area contributed by atoms with E-state index < -0.39 is 35.1 Å². The Labute approximate surface area is 189 Å². The van der Waals surface area contributed by atoms with Crippen LogP contribution in [0.4, 0.5) is 8.78 Å². The molecule has 0 aliphatic carbocycles. The Morgan fingerprint density at radius 1 is 0.909 bits per heavy atom. The molecule has 2 aliphatic rings. The van der Waals surface area contributed by atoms with Crippen LogP contribution in [-0.4, -0.2) is 16.7 Å². The van der Waals surface area contributed by atoms with E-state index in [0.29, 0.717) is 5.56 Å². The number of fused-ring (bicyclic) bond motifs is 3. The Bertz CT molecular complexity index is 1350. The lowest BCUT2D eigenvalue weighted by atomic mass is 9.67. The standard InChI is InChI=1S/C27H17F2N3O/c28-20-10-8-18(9-11-20)25(33)24-23(19-5-3-6-21(29)14-19)27(15-30,16-31)26-22-7-2-1-4-17(22)12-13-32(24)26/h1-14,23-24,26H. The third kappa shape index (κ3) is 3.03. The highest BCUT2D eigenvalue weighted by Gasteiger charge is 2.63. The zero-order valence-electron chi connectivity index (χ0n) is 17.3. The third-order valence-corrected chi connectivity index (χ3v) is 6.55. The highest BCUT2D eigenvalue weighted by Crippen LogP contribution is 2.60. The molecule has 2 aliphatic heterocycles. The van der Waals surface area contributed by atoms with Gasteiger partial charge in [-0.3, -0.25) is 4.79 Å². The van der Waals surface area contributed by atoms with Gasteiger partial charge in [-0.2, -0.15) is 10.5 Å². The normalized spacial score (nSPS) is 22.1. The van der Waals surface area contributed by atoms with Crippen molar-refractivity contribution in [3.05, 3.63) is 113 Å². The van der Waals surface area contributed by atoms with Crippen molar-refractivity contribution >= 4 is 11.9 Å². The van der Waals surface area contributed by atoms with Gasteiger partial charge in [-0.1, -0.05) is 36.4 Å². The van der Waals surface area contributed by atoms with Gasteiger partial charge < -0.3 is 4.90 Å². The molecule has 0 spiro atoms. The minimum atomic E-state index is -1.67. The molecule has 5 rings (SSSR count). The van der Waals surface area contributed by atoms with Crippen LogP contribution >= 0.6 is 0 Å². The number of ketones is 1. The predicted octanol–water partition coefficient (Wildman–Crippen LogP) is 5.37. The van der Waals surface area contributed by atoms with Gasteiger partial charge in [-0.15, -0.1) is 0 Å². The first-order chi connectivity index (χ1) is 16.0. The van der Waals surface area contributed by atoms with Crippen LogP contribution in [0.1, 0.15) is 39.0 Å². The number of halogens is 2. The van der Waals surface area contributed by atoms with E-state index in [4.69, 9.17) is 0 Å². The maximum Gasteiger partial charge on any atom is 0.185 e. The highest BCUT2D eigenvalue weighted by atomic mass is 19.1. The summed E-state index contributed by atoms with van der Waals surface area (Å²) in [5.41, 5.74) is 0.564. The van der Waals surface area contributed by atoms with E-state index in [1.54, 1.807) is 17.2 Å². The van der Waals surface area contributed by atoms with Crippen molar-refractivity contribution in [2.45, 2.75) is 18.0 Å². The molecule has 160 valence electrons. The predicted molar refractivity (Wildman–Crippen MR) is 117 cm³/mol. The molecule has 0 saturated carbocycles. The molecule has 33 heavy (non-hydrogen) atoms. The van der Waals surface area contributed by atoms with E-state index in [-0.39, 0.29) is 11.3 Å². The maximum absolute atomic E-state index is 14.3. The zero-order valence-corrected chi connectivity index (χ0v) is 17.3. The van der Waals surface area contributed by atoms with Gasteiger partial charge in [-0.25, -0.2) is 8.78 Å². The lowest BCUT2D eigenvalue weighted by molar-refractivity contribution is 0.0874. The summed E-state index contributed by atoms with van der Waals surface area (Å²) in [6.07, 6.45) is 3.56. The molecule has 1 saturated heterocycles. The topological polar surface area (TPSA) is 67.9 Å². The summed E-state index contributed by atoms with van der Waals surface area (Å²) < 4.78 is 27.8. The lowest BCUT2D eigenvalue weighted by Crippen LogP contribution is -2.37. The van der Waals surface area contributed by atoms with Crippen molar-refractivity contribution in [1.82, 2.24) is 4.90 Å². The van der Waals surface area contributed by atoms with Crippen LogP contribution in [0.25, 0.3) is 6.08 Å². The number of hydrogen-bond acceptors (Lipinski definition) is 4. The van der Waals surface area contributed by atoms with Crippen LogP contribution in [0.5, 0.6) is 0 Å². The van der Waals surface area contributed by atoms with Crippen LogP contribution in [0.15, 0.2) is 79.0 Å². The van der Waals surface area contributed by atoms with Crippen LogP contribution in [0.2, 0.25) is 0 Å². The van der Waals surface area contributed by atoms with Crippen LogP contribution in [0.3, 0.4) is 0 Å². The SMILES string of the molecule is N#CC1(C#N)C(c2cccc(F)c2)C(C(=O)c2ccc(F)cc2)N2C=Cc3ccccc3C21. The van der Waals surface area contributed by atoms with Gasteiger partial charge in [0.25, 0.3) is 0 Å². The average Bonchev–Trinajstić information content (AvgIpc) is 3.15. The Kier molecular flexibility index (Phi) is 4.80. The van der Waals surface area contributed by atoms with Gasteiger partial charge in [0.15, 0.2) is 11.2 Å². The second kappa shape index (κ2) is 7.69. The van der Waals surface area contributed by atoms with Crippen LogP contribution in [0, 0.1) is 39.7 Å². The fraction of sp³-hybridized carbons (Fsp3) is 0.148. The van der Waals surface area contributed by atoms with Gasteiger partial charge in [-0.05, 0) is 59.2 Å². The molecule has 2 heterocycles. The van der Waals surface area contributed by atoms with Gasteiger partial charge in [0.1, 0.15) is 17.7 Å². The number of Topliss-reactive ketones (excluding diaryl/α,β-unsaturated/α-hetero) is 1. The second-order valence-electron chi connectivity index (χ2n) is 8.24. The minimum Gasteiger partial charge on any atom is -0.357 e. The number of hydrogen-bond donors (Lipinski definition) is 0. The first-order valence-corrected chi connectivity index (χ1v) is 10.4. The first kappa shape index (κ1) is 20.6. The van der Waals surface area contributed by atoms with E-state index in [9.17, 15) is 24.1 Å². The molecule has 0 aromatic heterocycles. The molecule has 0 bridgehead atoms. The minimum absolute atomic E-state index is 0.250.